The molecule has 0 fully saturated rings. The molecule has 2 rings (SSSR count). The predicted octanol–water partition coefficient (Wildman–Crippen LogP) is 4.21. The quantitative estimate of drug-likeness (QED) is 0.618. The standard InChI is InChI=1S/C15H19FN4S/c1-4-7-17-13-9-14(20-15(19-13)21-3)18-12-8-11(16)6-5-10(12)2/h5-6,8-9H,4,7H2,1-3H3,(H2,17,18,19,20). The average Bonchev–Trinajstić information content (AvgIpc) is 2.48. The van der Waals surface area contributed by atoms with E-state index in [1.165, 1.54) is 23.9 Å². The Kier molecular flexibility index (Phi) is 5.38. The number of hydrogen-bond donors (Lipinski definition) is 2. The Bertz CT molecular complexity index is 619. The topological polar surface area (TPSA) is 49.8 Å². The lowest BCUT2D eigenvalue weighted by molar-refractivity contribution is 0.628. The normalized spacial score (nSPS) is 10.5. The average molecular weight is 306 g/mol. The van der Waals surface area contributed by atoms with E-state index in [4.69, 9.17) is 0 Å². The number of nitrogens with one attached hydrogen (secondary N) is 2. The molecule has 1 aromatic carbocycles. The van der Waals surface area contributed by atoms with Crippen molar-refractivity contribution in [3.63, 3.8) is 0 Å². The van der Waals surface area contributed by atoms with E-state index >= 15 is 0 Å². The van der Waals surface area contributed by atoms with Crippen LogP contribution in [0.3, 0.4) is 0 Å². The summed E-state index contributed by atoms with van der Waals surface area (Å²) in [6.45, 7) is 4.87. The van der Waals surface area contributed by atoms with Crippen molar-refractivity contribution in [3.05, 3.63) is 35.6 Å². The second-order valence-corrected chi connectivity index (χ2v) is 5.41. The minimum absolute atomic E-state index is 0.272. The van der Waals surface area contributed by atoms with Crippen LogP contribution in [-0.2, 0) is 0 Å². The van der Waals surface area contributed by atoms with Crippen molar-refractivity contribution in [2.75, 3.05) is 23.4 Å². The highest BCUT2D eigenvalue weighted by Gasteiger charge is 2.06. The summed E-state index contributed by atoms with van der Waals surface area (Å²) in [5.41, 5.74) is 1.67. The molecule has 0 atom stereocenters. The number of nitrogens with zero attached hydrogens (tertiary/aromatic N) is 2. The SMILES string of the molecule is CCCNc1cc(Nc2cc(F)ccc2C)nc(SC)n1. The number of aryl methyl sites for hydroxylation is 1. The summed E-state index contributed by atoms with van der Waals surface area (Å²) >= 11 is 1.47. The molecule has 2 aromatic rings. The monoisotopic (exact) mass is 306 g/mol. The van der Waals surface area contributed by atoms with Gasteiger partial charge in [0.1, 0.15) is 17.5 Å². The molecule has 0 unspecified atom stereocenters. The number of aromatic nitrogens is 2. The predicted molar refractivity (Wildman–Crippen MR) is 87.0 cm³/mol. The third-order valence-electron chi connectivity index (χ3n) is 2.91. The number of anilines is 3. The molecule has 0 aliphatic carbocycles. The van der Waals surface area contributed by atoms with Gasteiger partial charge in [0, 0.05) is 18.3 Å². The van der Waals surface area contributed by atoms with Crippen LogP contribution in [0.25, 0.3) is 0 Å². The zero-order valence-corrected chi connectivity index (χ0v) is 13.2. The zero-order valence-electron chi connectivity index (χ0n) is 12.4. The first kappa shape index (κ1) is 15.6. The third-order valence-corrected chi connectivity index (χ3v) is 3.45. The maximum absolute atomic E-state index is 13.4. The summed E-state index contributed by atoms with van der Waals surface area (Å²) in [7, 11) is 0. The van der Waals surface area contributed by atoms with Crippen molar-refractivity contribution in [1.82, 2.24) is 9.97 Å². The van der Waals surface area contributed by atoms with Crippen LogP contribution in [0.1, 0.15) is 18.9 Å². The van der Waals surface area contributed by atoms with Crippen LogP contribution >= 0.6 is 11.8 Å². The Balaban J connectivity index is 2.27. The van der Waals surface area contributed by atoms with Gasteiger partial charge in [-0.2, -0.15) is 0 Å². The molecule has 0 aliphatic heterocycles. The van der Waals surface area contributed by atoms with Crippen LogP contribution in [0.15, 0.2) is 29.4 Å². The van der Waals surface area contributed by atoms with Crippen LogP contribution in [0.2, 0.25) is 0 Å². The fourth-order valence-corrected chi connectivity index (χ4v) is 2.17. The van der Waals surface area contributed by atoms with Crippen LogP contribution in [0, 0.1) is 12.7 Å². The molecule has 6 heteroatoms. The summed E-state index contributed by atoms with van der Waals surface area (Å²) in [6, 6.07) is 6.49. The Morgan fingerprint density at radius 3 is 2.67 bits per heavy atom. The first-order valence-corrected chi connectivity index (χ1v) is 8.05. The van der Waals surface area contributed by atoms with Crippen molar-refractivity contribution in [3.8, 4) is 0 Å². The van der Waals surface area contributed by atoms with Gasteiger partial charge < -0.3 is 10.6 Å². The smallest absolute Gasteiger partial charge is 0.191 e. The summed E-state index contributed by atoms with van der Waals surface area (Å²) in [5.74, 6) is 1.15. The van der Waals surface area contributed by atoms with Gasteiger partial charge in [-0.15, -0.1) is 0 Å². The van der Waals surface area contributed by atoms with E-state index < -0.39 is 0 Å². The van der Waals surface area contributed by atoms with E-state index in [2.05, 4.69) is 27.5 Å². The maximum Gasteiger partial charge on any atom is 0.191 e. The van der Waals surface area contributed by atoms with E-state index in [1.807, 2.05) is 19.2 Å². The van der Waals surface area contributed by atoms with E-state index in [9.17, 15) is 4.39 Å². The van der Waals surface area contributed by atoms with Gasteiger partial charge in [-0.25, -0.2) is 14.4 Å². The minimum atomic E-state index is -0.272. The number of benzene rings is 1. The van der Waals surface area contributed by atoms with Crippen molar-refractivity contribution in [2.45, 2.75) is 25.4 Å². The summed E-state index contributed by atoms with van der Waals surface area (Å²) < 4.78 is 13.4. The number of thioether (sulfide) groups is 1. The van der Waals surface area contributed by atoms with Gasteiger partial charge in [0.05, 0.1) is 0 Å². The molecule has 112 valence electrons. The number of rotatable bonds is 6. The fraction of sp³-hybridized carbons (Fsp3) is 0.333. The lowest BCUT2D eigenvalue weighted by atomic mass is 10.2. The van der Waals surface area contributed by atoms with Gasteiger partial charge in [-0.1, -0.05) is 24.8 Å². The molecule has 0 aliphatic rings. The highest BCUT2D eigenvalue weighted by molar-refractivity contribution is 7.98. The lowest BCUT2D eigenvalue weighted by Crippen LogP contribution is -2.05. The molecular formula is C15H19FN4S. The van der Waals surface area contributed by atoms with E-state index in [-0.39, 0.29) is 5.82 Å². The molecule has 4 nitrogen and oxygen atoms in total. The largest absolute Gasteiger partial charge is 0.370 e. The van der Waals surface area contributed by atoms with Gasteiger partial charge in [0.25, 0.3) is 0 Å². The second kappa shape index (κ2) is 7.26. The fourth-order valence-electron chi connectivity index (χ4n) is 1.79. The van der Waals surface area contributed by atoms with E-state index in [0.29, 0.717) is 16.7 Å². The Morgan fingerprint density at radius 2 is 1.95 bits per heavy atom. The molecule has 21 heavy (non-hydrogen) atoms. The molecule has 0 spiro atoms. The number of hydrogen-bond acceptors (Lipinski definition) is 5. The van der Waals surface area contributed by atoms with E-state index in [1.54, 1.807) is 6.07 Å². The summed E-state index contributed by atoms with van der Waals surface area (Å²) in [5, 5.41) is 7.08. The van der Waals surface area contributed by atoms with Crippen molar-refractivity contribution < 1.29 is 4.39 Å². The van der Waals surface area contributed by atoms with Crippen molar-refractivity contribution >= 4 is 29.1 Å². The van der Waals surface area contributed by atoms with Gasteiger partial charge in [-0.05, 0) is 37.3 Å². The van der Waals surface area contributed by atoms with Crippen molar-refractivity contribution in [2.24, 2.45) is 0 Å². The zero-order chi connectivity index (χ0) is 15.2. The molecule has 1 heterocycles. The van der Waals surface area contributed by atoms with Gasteiger partial charge in [0.2, 0.25) is 0 Å². The third kappa shape index (κ3) is 4.32. The molecule has 0 saturated heterocycles. The van der Waals surface area contributed by atoms with Gasteiger partial charge in [0.15, 0.2) is 5.16 Å². The molecule has 0 bridgehead atoms. The highest BCUT2D eigenvalue weighted by Crippen LogP contribution is 2.23. The molecule has 2 N–H and O–H groups in total. The van der Waals surface area contributed by atoms with Crippen LogP contribution in [-0.4, -0.2) is 22.8 Å². The molecule has 0 radical (unpaired) electrons. The van der Waals surface area contributed by atoms with Gasteiger partial charge in [-0.3, -0.25) is 0 Å². The molecule has 0 amide bonds. The molecule has 0 saturated carbocycles. The molecule has 1 aromatic heterocycles. The Morgan fingerprint density at radius 1 is 1.19 bits per heavy atom. The van der Waals surface area contributed by atoms with Crippen molar-refractivity contribution in [1.29, 1.82) is 0 Å². The van der Waals surface area contributed by atoms with Crippen LogP contribution < -0.4 is 10.6 Å². The summed E-state index contributed by atoms with van der Waals surface area (Å²) in [6.07, 6.45) is 2.94. The van der Waals surface area contributed by atoms with Crippen LogP contribution in [0.4, 0.5) is 21.7 Å². The second-order valence-electron chi connectivity index (χ2n) is 4.64. The van der Waals surface area contributed by atoms with Crippen LogP contribution in [0.5, 0.6) is 0 Å². The lowest BCUT2D eigenvalue weighted by Gasteiger charge is -2.12. The van der Waals surface area contributed by atoms with Gasteiger partial charge >= 0.3 is 0 Å². The summed E-state index contributed by atoms with van der Waals surface area (Å²) in [4.78, 5) is 8.80. The Labute approximate surface area is 128 Å². The van der Waals surface area contributed by atoms with E-state index in [0.717, 1.165) is 24.3 Å². The first-order valence-electron chi connectivity index (χ1n) is 6.82. The minimum Gasteiger partial charge on any atom is -0.370 e. The molecular weight excluding hydrogens is 287 g/mol. The highest BCUT2D eigenvalue weighted by atomic mass is 32.2. The maximum atomic E-state index is 13.4. The number of halogens is 1. The first-order chi connectivity index (χ1) is 10.1. The Hall–Kier alpha value is -1.82.